The van der Waals surface area contributed by atoms with Gasteiger partial charge in [0.05, 0.1) is 28.9 Å². The summed E-state index contributed by atoms with van der Waals surface area (Å²) < 4.78 is 5.99. The van der Waals surface area contributed by atoms with Crippen LogP contribution in [0.4, 0.5) is 5.69 Å². The van der Waals surface area contributed by atoms with Gasteiger partial charge >= 0.3 is 5.97 Å². The van der Waals surface area contributed by atoms with Crippen LogP contribution in [0.1, 0.15) is 20.7 Å². The molecule has 0 radical (unpaired) electrons. The van der Waals surface area contributed by atoms with Crippen molar-refractivity contribution < 1.29 is 19.4 Å². The van der Waals surface area contributed by atoms with Gasteiger partial charge in [-0.3, -0.25) is 4.79 Å². The maximum Gasteiger partial charge on any atom is 0.335 e. The molecule has 0 aliphatic rings. The molecule has 0 fully saturated rings. The topological polar surface area (TPSA) is 75.6 Å². The highest BCUT2D eigenvalue weighted by atomic mass is 127. The number of rotatable bonds is 4. The molecule has 0 aromatic heterocycles. The van der Waals surface area contributed by atoms with E-state index in [4.69, 9.17) is 21.4 Å². The fourth-order valence-electron chi connectivity index (χ4n) is 1.80. The van der Waals surface area contributed by atoms with Crippen molar-refractivity contribution in [3.8, 4) is 5.75 Å². The third kappa shape index (κ3) is 3.69. The quantitative estimate of drug-likeness (QED) is 0.720. The summed E-state index contributed by atoms with van der Waals surface area (Å²) >= 11 is 8.10. The van der Waals surface area contributed by atoms with Gasteiger partial charge in [0, 0.05) is 3.57 Å². The maximum absolute atomic E-state index is 12.3. The number of amides is 1. The smallest absolute Gasteiger partial charge is 0.335 e. The van der Waals surface area contributed by atoms with Crippen LogP contribution in [0.5, 0.6) is 5.75 Å². The van der Waals surface area contributed by atoms with E-state index < -0.39 is 11.9 Å². The van der Waals surface area contributed by atoms with E-state index in [2.05, 4.69) is 27.9 Å². The van der Waals surface area contributed by atoms with E-state index in [1.54, 1.807) is 18.2 Å². The van der Waals surface area contributed by atoms with Crippen LogP contribution in [0.25, 0.3) is 0 Å². The minimum atomic E-state index is -1.09. The van der Waals surface area contributed by atoms with Gasteiger partial charge in [0.25, 0.3) is 5.91 Å². The summed E-state index contributed by atoms with van der Waals surface area (Å²) in [6.45, 7) is 0. The van der Waals surface area contributed by atoms with E-state index in [0.717, 1.165) is 3.57 Å². The van der Waals surface area contributed by atoms with Crippen LogP contribution in [0.15, 0.2) is 36.4 Å². The zero-order valence-electron chi connectivity index (χ0n) is 11.4. The summed E-state index contributed by atoms with van der Waals surface area (Å²) in [4.78, 5) is 23.4. The van der Waals surface area contributed by atoms with Crippen molar-refractivity contribution in [1.82, 2.24) is 0 Å². The number of nitrogens with one attached hydrogen (secondary N) is 1. The predicted octanol–water partition coefficient (Wildman–Crippen LogP) is 3.90. The summed E-state index contributed by atoms with van der Waals surface area (Å²) in [6, 6.07) is 9.27. The summed E-state index contributed by atoms with van der Waals surface area (Å²) in [6.07, 6.45) is 0. The third-order valence-corrected chi connectivity index (χ3v) is 3.87. The van der Waals surface area contributed by atoms with E-state index >= 15 is 0 Å². The highest BCUT2D eigenvalue weighted by molar-refractivity contribution is 14.1. The largest absolute Gasteiger partial charge is 0.495 e. The zero-order valence-corrected chi connectivity index (χ0v) is 14.3. The van der Waals surface area contributed by atoms with E-state index in [1.807, 2.05) is 0 Å². The molecule has 2 aromatic rings. The Balaban J connectivity index is 2.36. The average Bonchev–Trinajstić information content (AvgIpc) is 2.49. The summed E-state index contributed by atoms with van der Waals surface area (Å²) in [5.74, 6) is -1.17. The lowest BCUT2D eigenvalue weighted by atomic mass is 10.1. The van der Waals surface area contributed by atoms with Gasteiger partial charge in [-0.15, -0.1) is 0 Å². The Morgan fingerprint density at radius 3 is 2.59 bits per heavy atom. The molecule has 2 N–H and O–H groups in total. The van der Waals surface area contributed by atoms with Crippen LogP contribution >= 0.6 is 34.2 Å². The number of hydrogen-bond donors (Lipinski definition) is 2. The molecule has 0 atom stereocenters. The molecule has 0 saturated carbocycles. The molecule has 5 nitrogen and oxygen atoms in total. The van der Waals surface area contributed by atoms with E-state index in [1.165, 1.54) is 25.3 Å². The van der Waals surface area contributed by atoms with Gasteiger partial charge < -0.3 is 15.2 Å². The number of carboxylic acid groups (broad SMARTS) is 1. The number of carbonyl (C=O) groups excluding carboxylic acids is 1. The van der Waals surface area contributed by atoms with Gasteiger partial charge in [-0.05, 0) is 59.0 Å². The number of anilines is 1. The molecule has 0 unspecified atom stereocenters. The number of halogens is 2. The third-order valence-electron chi connectivity index (χ3n) is 2.87. The summed E-state index contributed by atoms with van der Waals surface area (Å²) in [5.41, 5.74) is 0.614. The molecule has 0 aliphatic heterocycles. The highest BCUT2D eigenvalue weighted by Crippen LogP contribution is 2.27. The molecule has 2 rings (SSSR count). The molecule has 0 heterocycles. The molecule has 22 heavy (non-hydrogen) atoms. The van der Waals surface area contributed by atoms with Crippen LogP contribution in [0.2, 0.25) is 5.02 Å². The van der Waals surface area contributed by atoms with Crippen LogP contribution in [-0.2, 0) is 0 Å². The first-order valence-electron chi connectivity index (χ1n) is 6.10. The SMILES string of the molecule is COc1ccc(C(=O)O)cc1NC(=O)c1cc(I)ccc1Cl. The molecule has 7 heteroatoms. The van der Waals surface area contributed by atoms with Crippen molar-refractivity contribution in [2.75, 3.05) is 12.4 Å². The lowest BCUT2D eigenvalue weighted by Crippen LogP contribution is -2.14. The van der Waals surface area contributed by atoms with E-state index in [9.17, 15) is 9.59 Å². The Kier molecular flexibility index (Phi) is 5.25. The fraction of sp³-hybridized carbons (Fsp3) is 0.0667. The second-order valence-corrected chi connectivity index (χ2v) is 5.95. The number of benzene rings is 2. The standard InChI is InChI=1S/C15H11ClINO4/c1-22-13-5-2-8(15(20)21)6-12(13)18-14(19)10-7-9(17)3-4-11(10)16/h2-7H,1H3,(H,18,19)(H,20,21). The second-order valence-electron chi connectivity index (χ2n) is 4.30. The molecular formula is C15H11ClINO4. The molecule has 1 amide bonds. The van der Waals surface area contributed by atoms with Crippen molar-refractivity contribution in [1.29, 1.82) is 0 Å². The predicted molar refractivity (Wildman–Crippen MR) is 92.1 cm³/mol. The normalized spacial score (nSPS) is 10.1. The average molecular weight is 432 g/mol. The van der Waals surface area contributed by atoms with Crippen LogP contribution in [0.3, 0.4) is 0 Å². The number of carbonyl (C=O) groups is 2. The zero-order chi connectivity index (χ0) is 16.3. The number of ether oxygens (including phenoxy) is 1. The lowest BCUT2D eigenvalue weighted by molar-refractivity contribution is 0.0696. The fourth-order valence-corrected chi connectivity index (χ4v) is 2.49. The van der Waals surface area contributed by atoms with Gasteiger partial charge in [-0.25, -0.2) is 4.79 Å². The van der Waals surface area contributed by atoms with Crippen molar-refractivity contribution in [2.45, 2.75) is 0 Å². The van der Waals surface area contributed by atoms with Gasteiger partial charge in [0.2, 0.25) is 0 Å². The number of carboxylic acids is 1. The van der Waals surface area contributed by atoms with E-state index in [-0.39, 0.29) is 11.3 Å². The molecule has 2 aromatic carbocycles. The minimum absolute atomic E-state index is 0.0461. The van der Waals surface area contributed by atoms with Gasteiger partial charge in [-0.2, -0.15) is 0 Å². The first kappa shape index (κ1) is 16.6. The molecular weight excluding hydrogens is 421 g/mol. The van der Waals surface area contributed by atoms with Gasteiger partial charge in [-0.1, -0.05) is 11.6 Å². The Bertz CT molecular complexity index is 748. The number of methoxy groups -OCH3 is 1. The highest BCUT2D eigenvalue weighted by Gasteiger charge is 2.15. The van der Waals surface area contributed by atoms with Crippen molar-refractivity contribution in [2.24, 2.45) is 0 Å². The maximum atomic E-state index is 12.3. The van der Waals surface area contributed by atoms with Crippen LogP contribution in [0, 0.1) is 3.57 Å². The minimum Gasteiger partial charge on any atom is -0.495 e. The number of aromatic carboxylic acids is 1. The molecule has 0 spiro atoms. The molecule has 0 aliphatic carbocycles. The molecule has 114 valence electrons. The van der Waals surface area contributed by atoms with E-state index in [0.29, 0.717) is 16.3 Å². The van der Waals surface area contributed by atoms with Crippen LogP contribution in [-0.4, -0.2) is 24.1 Å². The van der Waals surface area contributed by atoms with Crippen molar-refractivity contribution in [3.63, 3.8) is 0 Å². The summed E-state index contributed by atoms with van der Waals surface area (Å²) in [7, 11) is 1.43. The lowest BCUT2D eigenvalue weighted by Gasteiger charge is -2.12. The first-order chi connectivity index (χ1) is 10.4. The number of hydrogen-bond acceptors (Lipinski definition) is 3. The van der Waals surface area contributed by atoms with Gasteiger partial charge in [0.15, 0.2) is 0 Å². The Labute approximate surface area is 145 Å². The van der Waals surface area contributed by atoms with Crippen molar-refractivity contribution >= 4 is 51.8 Å². The molecule has 0 saturated heterocycles. The molecule has 0 bridgehead atoms. The Hall–Kier alpha value is -1.80. The van der Waals surface area contributed by atoms with Gasteiger partial charge in [0.1, 0.15) is 5.75 Å². The van der Waals surface area contributed by atoms with Crippen LogP contribution < -0.4 is 10.1 Å². The Morgan fingerprint density at radius 2 is 1.95 bits per heavy atom. The monoisotopic (exact) mass is 431 g/mol. The first-order valence-corrected chi connectivity index (χ1v) is 7.55. The second kappa shape index (κ2) is 6.97. The Morgan fingerprint density at radius 1 is 1.23 bits per heavy atom. The summed E-state index contributed by atoms with van der Waals surface area (Å²) in [5, 5.41) is 12.0. The van der Waals surface area contributed by atoms with Crippen molar-refractivity contribution in [3.05, 3.63) is 56.1 Å².